The van der Waals surface area contributed by atoms with Crippen LogP contribution >= 0.6 is 11.3 Å². The van der Waals surface area contributed by atoms with E-state index in [9.17, 15) is 14.4 Å². The summed E-state index contributed by atoms with van der Waals surface area (Å²) in [5.74, 6) is -0.644. The highest BCUT2D eigenvalue weighted by atomic mass is 32.1. The van der Waals surface area contributed by atoms with Crippen LogP contribution in [0.25, 0.3) is 0 Å². The Morgan fingerprint density at radius 2 is 1.75 bits per heavy atom. The minimum Gasteiger partial charge on any atom is -0.493 e. The molecule has 1 heterocycles. The molecule has 2 aromatic rings. The van der Waals surface area contributed by atoms with Gasteiger partial charge in [0.05, 0.1) is 51.3 Å². The Kier molecular flexibility index (Phi) is 7.57. The van der Waals surface area contributed by atoms with Gasteiger partial charge in [0.2, 0.25) is 5.91 Å². The molecule has 1 amide bonds. The van der Waals surface area contributed by atoms with Crippen molar-refractivity contribution >= 4 is 39.9 Å². The van der Waals surface area contributed by atoms with E-state index in [0.29, 0.717) is 27.8 Å². The molecule has 9 nitrogen and oxygen atoms in total. The Morgan fingerprint density at radius 1 is 1.03 bits per heavy atom. The molecule has 1 aliphatic carbocycles. The number of methoxy groups -OCH3 is 3. The van der Waals surface area contributed by atoms with Crippen molar-refractivity contribution in [2.45, 2.75) is 26.2 Å². The zero-order chi connectivity index (χ0) is 23.3. The van der Waals surface area contributed by atoms with Crippen molar-refractivity contribution in [2.75, 3.05) is 45.1 Å². The molecule has 1 aromatic carbocycles. The summed E-state index contributed by atoms with van der Waals surface area (Å²) in [4.78, 5) is 38.4. The molecule has 0 unspecified atom stereocenters. The summed E-state index contributed by atoms with van der Waals surface area (Å²) in [5.41, 5.74) is 1.95. The molecule has 0 saturated heterocycles. The SMILES string of the molecule is CCOC(=O)c1c(NC(=O)CNc2cc(OC)c(OC)cc2C(=O)OC)sc2c1CCC2. The summed E-state index contributed by atoms with van der Waals surface area (Å²) >= 11 is 1.40. The van der Waals surface area contributed by atoms with Gasteiger partial charge < -0.3 is 29.6 Å². The molecule has 0 saturated carbocycles. The van der Waals surface area contributed by atoms with Crippen LogP contribution in [0.5, 0.6) is 11.5 Å². The molecule has 2 N–H and O–H groups in total. The van der Waals surface area contributed by atoms with Gasteiger partial charge in [0, 0.05) is 17.0 Å². The zero-order valence-electron chi connectivity index (χ0n) is 18.5. The number of nitrogens with one attached hydrogen (secondary N) is 2. The van der Waals surface area contributed by atoms with Gasteiger partial charge in [-0.3, -0.25) is 4.79 Å². The number of ether oxygens (including phenoxy) is 4. The third-order valence-corrected chi connectivity index (χ3v) is 6.23. The second-order valence-corrected chi connectivity index (χ2v) is 8.03. The van der Waals surface area contributed by atoms with Gasteiger partial charge in [-0.25, -0.2) is 9.59 Å². The number of hydrogen-bond donors (Lipinski definition) is 2. The van der Waals surface area contributed by atoms with Crippen LogP contribution in [-0.4, -0.2) is 52.3 Å². The van der Waals surface area contributed by atoms with Crippen molar-refractivity contribution in [1.29, 1.82) is 0 Å². The van der Waals surface area contributed by atoms with Crippen LogP contribution in [0.2, 0.25) is 0 Å². The molecule has 0 bridgehead atoms. The Balaban J connectivity index is 1.79. The first kappa shape index (κ1) is 23.4. The van der Waals surface area contributed by atoms with Crippen molar-refractivity contribution in [3.05, 3.63) is 33.7 Å². The molecule has 0 atom stereocenters. The average molecular weight is 463 g/mol. The summed E-state index contributed by atoms with van der Waals surface area (Å²) in [5, 5.41) is 6.23. The highest BCUT2D eigenvalue weighted by Gasteiger charge is 2.28. The first-order valence-corrected chi connectivity index (χ1v) is 10.9. The Labute approximate surface area is 190 Å². The van der Waals surface area contributed by atoms with Gasteiger partial charge in [-0.05, 0) is 31.7 Å². The van der Waals surface area contributed by atoms with Crippen LogP contribution < -0.4 is 20.1 Å². The monoisotopic (exact) mass is 462 g/mol. The predicted octanol–water partition coefficient (Wildman–Crippen LogP) is 3.27. The number of thiophene rings is 1. The highest BCUT2D eigenvalue weighted by Crippen LogP contribution is 2.39. The summed E-state index contributed by atoms with van der Waals surface area (Å²) in [6, 6.07) is 3.04. The third-order valence-electron chi connectivity index (χ3n) is 5.02. The van der Waals surface area contributed by atoms with Gasteiger partial charge in [0.25, 0.3) is 0 Å². The molecule has 0 spiro atoms. The van der Waals surface area contributed by atoms with Crippen molar-refractivity contribution < 1.29 is 33.3 Å². The predicted molar refractivity (Wildman–Crippen MR) is 120 cm³/mol. The fraction of sp³-hybridized carbons (Fsp3) is 0.409. The molecule has 172 valence electrons. The first-order chi connectivity index (χ1) is 15.4. The van der Waals surface area contributed by atoms with Gasteiger partial charge in [0.1, 0.15) is 5.00 Å². The topological polar surface area (TPSA) is 112 Å². The molecule has 1 aliphatic rings. The van der Waals surface area contributed by atoms with E-state index < -0.39 is 11.9 Å². The van der Waals surface area contributed by atoms with Crippen LogP contribution in [0, 0.1) is 0 Å². The number of aryl methyl sites for hydroxylation is 1. The van der Waals surface area contributed by atoms with E-state index in [1.165, 1.54) is 38.7 Å². The molecule has 0 aliphatic heterocycles. The highest BCUT2D eigenvalue weighted by molar-refractivity contribution is 7.17. The maximum atomic E-state index is 12.7. The maximum absolute atomic E-state index is 12.7. The Morgan fingerprint density at radius 3 is 2.41 bits per heavy atom. The van der Waals surface area contributed by atoms with Crippen LogP contribution in [-0.2, 0) is 27.1 Å². The van der Waals surface area contributed by atoms with Crippen LogP contribution in [0.3, 0.4) is 0 Å². The van der Waals surface area contributed by atoms with E-state index in [4.69, 9.17) is 18.9 Å². The van der Waals surface area contributed by atoms with E-state index in [1.54, 1.807) is 13.0 Å². The molecule has 10 heteroatoms. The molecule has 0 fully saturated rings. The van der Waals surface area contributed by atoms with Crippen molar-refractivity contribution in [3.8, 4) is 11.5 Å². The van der Waals surface area contributed by atoms with E-state index in [2.05, 4.69) is 10.6 Å². The number of fused-ring (bicyclic) bond motifs is 1. The van der Waals surface area contributed by atoms with Gasteiger partial charge in [0.15, 0.2) is 11.5 Å². The molecular weight excluding hydrogens is 436 g/mol. The van der Waals surface area contributed by atoms with Crippen molar-refractivity contribution in [2.24, 2.45) is 0 Å². The minimum atomic E-state index is -0.590. The number of rotatable bonds is 9. The third kappa shape index (κ3) is 4.80. The standard InChI is InChI=1S/C22H26N2O7S/c1-5-31-22(27)19-12-7-6-8-17(12)32-20(19)24-18(25)11-23-14-10-16(29-3)15(28-2)9-13(14)21(26)30-4/h9-10,23H,5-8,11H2,1-4H3,(H,24,25). The largest absolute Gasteiger partial charge is 0.493 e. The van der Waals surface area contributed by atoms with Gasteiger partial charge in [-0.2, -0.15) is 0 Å². The Hall–Kier alpha value is -3.27. The van der Waals surface area contributed by atoms with E-state index in [0.717, 1.165) is 29.7 Å². The summed E-state index contributed by atoms with van der Waals surface area (Å²) in [6.45, 7) is 1.85. The molecular formula is C22H26N2O7S. The number of carbonyl (C=O) groups is 3. The van der Waals surface area contributed by atoms with Gasteiger partial charge >= 0.3 is 11.9 Å². The van der Waals surface area contributed by atoms with Crippen molar-refractivity contribution in [3.63, 3.8) is 0 Å². The lowest BCUT2D eigenvalue weighted by Crippen LogP contribution is -2.23. The fourth-order valence-electron chi connectivity index (χ4n) is 3.56. The number of carbonyl (C=O) groups excluding carboxylic acids is 3. The molecule has 1 aromatic heterocycles. The lowest BCUT2D eigenvalue weighted by atomic mass is 10.1. The normalized spacial score (nSPS) is 12.0. The lowest BCUT2D eigenvalue weighted by molar-refractivity contribution is -0.114. The van der Waals surface area contributed by atoms with Crippen LogP contribution in [0.4, 0.5) is 10.7 Å². The number of hydrogen-bond acceptors (Lipinski definition) is 9. The fourth-order valence-corrected chi connectivity index (χ4v) is 4.86. The quantitative estimate of drug-likeness (QED) is 0.546. The second kappa shape index (κ2) is 10.4. The lowest BCUT2D eigenvalue weighted by Gasteiger charge is -2.15. The number of benzene rings is 1. The zero-order valence-corrected chi connectivity index (χ0v) is 19.3. The molecule has 0 radical (unpaired) electrons. The Bertz CT molecular complexity index is 1030. The summed E-state index contributed by atoms with van der Waals surface area (Å²) in [7, 11) is 4.19. The molecule has 3 rings (SSSR count). The number of esters is 2. The number of anilines is 2. The summed E-state index contributed by atoms with van der Waals surface area (Å²) in [6.07, 6.45) is 2.66. The second-order valence-electron chi connectivity index (χ2n) is 6.93. The van der Waals surface area contributed by atoms with Crippen molar-refractivity contribution in [1.82, 2.24) is 0 Å². The summed E-state index contributed by atoms with van der Waals surface area (Å²) < 4.78 is 20.5. The van der Waals surface area contributed by atoms with E-state index in [1.807, 2.05) is 0 Å². The van der Waals surface area contributed by atoms with Gasteiger partial charge in [-0.1, -0.05) is 0 Å². The first-order valence-electron chi connectivity index (χ1n) is 10.1. The van der Waals surface area contributed by atoms with Crippen LogP contribution in [0.1, 0.15) is 44.5 Å². The maximum Gasteiger partial charge on any atom is 0.341 e. The minimum absolute atomic E-state index is 0.149. The average Bonchev–Trinajstić information content (AvgIpc) is 3.37. The van der Waals surface area contributed by atoms with Crippen LogP contribution in [0.15, 0.2) is 12.1 Å². The molecule has 32 heavy (non-hydrogen) atoms. The number of amides is 1. The van der Waals surface area contributed by atoms with Gasteiger partial charge in [-0.15, -0.1) is 11.3 Å². The van der Waals surface area contributed by atoms with E-state index >= 15 is 0 Å². The smallest absolute Gasteiger partial charge is 0.341 e. The van der Waals surface area contributed by atoms with E-state index in [-0.39, 0.29) is 24.6 Å².